The van der Waals surface area contributed by atoms with Crippen LogP contribution in [0.25, 0.3) is 10.8 Å². The molecule has 0 saturated carbocycles. The number of carbonyl (C=O) groups excluding carboxylic acids is 2. The van der Waals surface area contributed by atoms with Gasteiger partial charge >= 0.3 is 5.97 Å². The standard InChI is InChI=1S/C21H26N2O5S.C9H12/c1-3-8-16(9-7-12-21(25)28-4-2)23-29(26,27)20-14-13-19(22-15-24)17-10-5-6-11-18(17)20;1-7-5-4-6-8(2)9(7)3/h5-7,10-16,23H,3-4,8-9H2,1-2H3,(H,22,24);4-6H,1-3H3/b12-7+;. The molecule has 1 atom stereocenters. The molecule has 2 N–H and O–H groups in total. The number of anilines is 1. The number of nitrogens with one attached hydrogen (secondary N) is 2. The number of esters is 1. The molecule has 0 radical (unpaired) electrons. The van der Waals surface area contributed by atoms with Crippen molar-refractivity contribution in [3.8, 4) is 0 Å². The average Bonchev–Trinajstić information content (AvgIpc) is 2.88. The van der Waals surface area contributed by atoms with Crippen LogP contribution in [0.2, 0.25) is 0 Å². The first-order chi connectivity index (χ1) is 18.1. The largest absolute Gasteiger partial charge is 0.463 e. The van der Waals surface area contributed by atoms with Crippen LogP contribution in [0.4, 0.5) is 5.69 Å². The smallest absolute Gasteiger partial charge is 0.330 e. The summed E-state index contributed by atoms with van der Waals surface area (Å²) in [6.45, 7) is 10.4. The lowest BCUT2D eigenvalue weighted by molar-refractivity contribution is -0.137. The number of fused-ring (bicyclic) bond motifs is 1. The van der Waals surface area contributed by atoms with E-state index in [1.165, 1.54) is 28.8 Å². The molecule has 0 saturated heterocycles. The van der Waals surface area contributed by atoms with Crippen LogP contribution in [0.15, 0.2) is 71.6 Å². The molecule has 3 rings (SSSR count). The summed E-state index contributed by atoms with van der Waals surface area (Å²) in [5.41, 5.74) is 4.72. The maximum atomic E-state index is 13.1. The van der Waals surface area contributed by atoms with Crippen molar-refractivity contribution >= 4 is 38.9 Å². The zero-order valence-corrected chi connectivity index (χ0v) is 23.6. The highest BCUT2D eigenvalue weighted by Gasteiger charge is 2.22. The van der Waals surface area contributed by atoms with Gasteiger partial charge in [0.2, 0.25) is 16.4 Å². The minimum atomic E-state index is -3.82. The third-order valence-electron chi connectivity index (χ3n) is 6.18. The molecule has 1 unspecified atom stereocenters. The van der Waals surface area contributed by atoms with Gasteiger partial charge < -0.3 is 10.1 Å². The van der Waals surface area contributed by atoms with E-state index in [4.69, 9.17) is 4.74 Å². The molecule has 7 nitrogen and oxygen atoms in total. The summed E-state index contributed by atoms with van der Waals surface area (Å²) in [6.07, 6.45) is 5.26. The Bertz CT molecular complexity index is 1350. The van der Waals surface area contributed by atoms with Crippen molar-refractivity contribution in [1.82, 2.24) is 4.72 Å². The lowest BCUT2D eigenvalue weighted by Crippen LogP contribution is -2.34. The Morgan fingerprint density at radius 2 is 1.61 bits per heavy atom. The van der Waals surface area contributed by atoms with E-state index in [2.05, 4.69) is 49.0 Å². The van der Waals surface area contributed by atoms with Crippen LogP contribution in [-0.2, 0) is 24.3 Å². The van der Waals surface area contributed by atoms with Crippen LogP contribution >= 0.6 is 0 Å². The van der Waals surface area contributed by atoms with Gasteiger partial charge in [0.15, 0.2) is 0 Å². The number of aryl methyl sites for hydroxylation is 2. The molecule has 0 bridgehead atoms. The van der Waals surface area contributed by atoms with E-state index in [0.29, 0.717) is 35.7 Å². The fraction of sp³-hybridized carbons (Fsp3) is 0.333. The number of sulfonamides is 1. The molecule has 1 amide bonds. The third-order valence-corrected chi connectivity index (χ3v) is 7.76. The molecule has 0 aliphatic rings. The van der Waals surface area contributed by atoms with E-state index < -0.39 is 16.0 Å². The zero-order valence-electron chi connectivity index (χ0n) is 22.8. The highest BCUT2D eigenvalue weighted by Crippen LogP contribution is 2.29. The quantitative estimate of drug-likeness (QED) is 0.178. The van der Waals surface area contributed by atoms with Crippen molar-refractivity contribution < 1.29 is 22.7 Å². The van der Waals surface area contributed by atoms with Crippen LogP contribution in [0.1, 0.15) is 49.8 Å². The SMILES string of the molecule is CCCC(C/C=C/C(=O)OCC)NS(=O)(=O)c1ccc(NC=O)c2ccccc12.Cc1cccc(C)c1C. The van der Waals surface area contributed by atoms with Gasteiger partial charge in [-0.05, 0) is 69.4 Å². The van der Waals surface area contributed by atoms with E-state index in [9.17, 15) is 18.0 Å². The summed E-state index contributed by atoms with van der Waals surface area (Å²) in [7, 11) is -3.82. The second kappa shape index (κ2) is 15.1. The topological polar surface area (TPSA) is 102 Å². The molecule has 3 aromatic rings. The van der Waals surface area contributed by atoms with Gasteiger partial charge in [0.05, 0.1) is 11.5 Å². The van der Waals surface area contributed by atoms with E-state index in [1.807, 2.05) is 6.92 Å². The monoisotopic (exact) mass is 538 g/mol. The van der Waals surface area contributed by atoms with Crippen molar-refractivity contribution in [2.45, 2.75) is 64.8 Å². The maximum Gasteiger partial charge on any atom is 0.330 e. The average molecular weight is 539 g/mol. The molecule has 38 heavy (non-hydrogen) atoms. The Morgan fingerprint density at radius 3 is 2.18 bits per heavy atom. The lowest BCUT2D eigenvalue weighted by atomic mass is 10.1. The summed E-state index contributed by atoms with van der Waals surface area (Å²) < 4.78 is 33.7. The summed E-state index contributed by atoms with van der Waals surface area (Å²) in [4.78, 5) is 22.4. The van der Waals surface area contributed by atoms with Crippen LogP contribution < -0.4 is 10.0 Å². The number of benzene rings is 3. The van der Waals surface area contributed by atoms with Gasteiger partial charge in [-0.25, -0.2) is 17.9 Å². The van der Waals surface area contributed by atoms with Crippen LogP contribution in [0, 0.1) is 20.8 Å². The van der Waals surface area contributed by atoms with E-state index in [0.717, 1.165) is 6.42 Å². The number of rotatable bonds is 11. The molecule has 0 aliphatic heterocycles. The van der Waals surface area contributed by atoms with Crippen LogP contribution in [-0.4, -0.2) is 33.4 Å². The molecule has 0 aromatic heterocycles. The molecule has 3 aromatic carbocycles. The van der Waals surface area contributed by atoms with E-state index >= 15 is 0 Å². The van der Waals surface area contributed by atoms with Crippen LogP contribution in [0.5, 0.6) is 0 Å². The molecule has 0 spiro atoms. The summed E-state index contributed by atoms with van der Waals surface area (Å²) in [6, 6.07) is 16.1. The van der Waals surface area contributed by atoms with Gasteiger partial charge in [0, 0.05) is 28.6 Å². The fourth-order valence-corrected chi connectivity index (χ4v) is 5.46. The van der Waals surface area contributed by atoms with Gasteiger partial charge in [-0.3, -0.25) is 4.79 Å². The number of amides is 1. The molecule has 8 heteroatoms. The number of carbonyl (C=O) groups is 2. The predicted octanol–water partition coefficient (Wildman–Crippen LogP) is 5.98. The molecule has 0 heterocycles. The van der Waals surface area contributed by atoms with Crippen molar-refractivity contribution in [1.29, 1.82) is 0 Å². The Hall–Kier alpha value is -3.49. The third kappa shape index (κ3) is 8.82. The molecule has 204 valence electrons. The fourth-order valence-electron chi connectivity index (χ4n) is 3.97. The highest BCUT2D eigenvalue weighted by molar-refractivity contribution is 7.89. The first kappa shape index (κ1) is 30.7. The molecule has 0 aliphatic carbocycles. The summed E-state index contributed by atoms with van der Waals surface area (Å²) in [5.74, 6) is -0.449. The van der Waals surface area contributed by atoms with E-state index in [-0.39, 0.29) is 17.5 Å². The van der Waals surface area contributed by atoms with Gasteiger partial charge in [-0.15, -0.1) is 0 Å². The second-order valence-electron chi connectivity index (χ2n) is 8.93. The number of ether oxygens (including phenoxy) is 1. The van der Waals surface area contributed by atoms with Crippen LogP contribution in [0.3, 0.4) is 0 Å². The molecular weight excluding hydrogens is 500 g/mol. The van der Waals surface area contributed by atoms with Gasteiger partial charge in [0.1, 0.15) is 0 Å². The van der Waals surface area contributed by atoms with Gasteiger partial charge in [0.25, 0.3) is 0 Å². The van der Waals surface area contributed by atoms with Crippen molar-refractivity contribution in [3.05, 3.63) is 83.4 Å². The Morgan fingerprint density at radius 1 is 0.947 bits per heavy atom. The number of hydrogen-bond acceptors (Lipinski definition) is 5. The highest BCUT2D eigenvalue weighted by atomic mass is 32.2. The normalized spacial score (nSPS) is 12.0. The summed E-state index contributed by atoms with van der Waals surface area (Å²) >= 11 is 0. The first-order valence-electron chi connectivity index (χ1n) is 12.7. The zero-order chi connectivity index (χ0) is 28.1. The van der Waals surface area contributed by atoms with Crippen molar-refractivity contribution in [3.63, 3.8) is 0 Å². The minimum absolute atomic E-state index is 0.139. The maximum absolute atomic E-state index is 13.1. The minimum Gasteiger partial charge on any atom is -0.463 e. The first-order valence-corrected chi connectivity index (χ1v) is 14.2. The predicted molar refractivity (Wildman–Crippen MR) is 154 cm³/mol. The van der Waals surface area contributed by atoms with Crippen molar-refractivity contribution in [2.24, 2.45) is 0 Å². The summed E-state index contributed by atoms with van der Waals surface area (Å²) in [5, 5.41) is 3.74. The Labute approximate surface area is 226 Å². The Kier molecular flexibility index (Phi) is 12.2. The van der Waals surface area contributed by atoms with E-state index in [1.54, 1.807) is 43.3 Å². The lowest BCUT2D eigenvalue weighted by Gasteiger charge is -2.18. The Balaban J connectivity index is 0.000000474. The molecular formula is C30H38N2O5S. The second-order valence-corrected chi connectivity index (χ2v) is 10.6. The van der Waals surface area contributed by atoms with Crippen molar-refractivity contribution in [2.75, 3.05) is 11.9 Å². The van der Waals surface area contributed by atoms with Gasteiger partial charge in [-0.2, -0.15) is 0 Å². The number of hydrogen-bond donors (Lipinski definition) is 2. The van der Waals surface area contributed by atoms with Gasteiger partial charge in [-0.1, -0.05) is 61.9 Å². The molecule has 0 fully saturated rings.